The lowest BCUT2D eigenvalue weighted by Crippen LogP contribution is -2.23. The van der Waals surface area contributed by atoms with Gasteiger partial charge >= 0.3 is 0 Å². The lowest BCUT2D eigenvalue weighted by Gasteiger charge is -2.20. The van der Waals surface area contributed by atoms with Gasteiger partial charge in [-0.15, -0.1) is 0 Å². The standard InChI is InChI=1S/C11H21N5/c1-4-7-13-9-8-10(15-11(12)14-9)16(5-2)6-3/h8H,4-7H2,1-3H3,(H3,12,13,14,15). The number of nitrogens with zero attached hydrogens (tertiary/aromatic N) is 3. The number of anilines is 3. The molecule has 16 heavy (non-hydrogen) atoms. The van der Waals surface area contributed by atoms with Crippen LogP contribution in [0.25, 0.3) is 0 Å². The van der Waals surface area contributed by atoms with Gasteiger partial charge < -0.3 is 16.0 Å². The van der Waals surface area contributed by atoms with Crippen molar-refractivity contribution in [3.05, 3.63) is 6.07 Å². The van der Waals surface area contributed by atoms with Crippen molar-refractivity contribution in [1.82, 2.24) is 9.97 Å². The average molecular weight is 223 g/mol. The minimum Gasteiger partial charge on any atom is -0.370 e. The van der Waals surface area contributed by atoms with Gasteiger partial charge in [-0.25, -0.2) is 0 Å². The van der Waals surface area contributed by atoms with E-state index in [4.69, 9.17) is 5.73 Å². The van der Waals surface area contributed by atoms with Crippen LogP contribution < -0.4 is 16.0 Å². The lowest BCUT2D eigenvalue weighted by atomic mass is 10.4. The molecule has 0 saturated heterocycles. The zero-order valence-corrected chi connectivity index (χ0v) is 10.3. The van der Waals surface area contributed by atoms with Crippen molar-refractivity contribution < 1.29 is 0 Å². The van der Waals surface area contributed by atoms with Crippen LogP contribution in [0.3, 0.4) is 0 Å². The van der Waals surface area contributed by atoms with Gasteiger partial charge in [0.25, 0.3) is 0 Å². The fourth-order valence-electron chi connectivity index (χ4n) is 1.51. The van der Waals surface area contributed by atoms with Crippen molar-refractivity contribution in [2.75, 3.05) is 35.6 Å². The normalized spacial score (nSPS) is 10.2. The summed E-state index contributed by atoms with van der Waals surface area (Å²) in [5.41, 5.74) is 5.69. The Labute approximate surface area is 97.1 Å². The second-order valence-electron chi connectivity index (χ2n) is 3.57. The number of aromatic nitrogens is 2. The van der Waals surface area contributed by atoms with Crippen LogP contribution in [-0.4, -0.2) is 29.6 Å². The average Bonchev–Trinajstić information content (AvgIpc) is 2.27. The molecule has 0 aliphatic carbocycles. The summed E-state index contributed by atoms with van der Waals surface area (Å²) in [4.78, 5) is 10.5. The van der Waals surface area contributed by atoms with Crippen LogP contribution in [-0.2, 0) is 0 Å². The molecule has 0 bridgehead atoms. The third-order valence-electron chi connectivity index (χ3n) is 2.37. The third-order valence-corrected chi connectivity index (χ3v) is 2.37. The van der Waals surface area contributed by atoms with Crippen molar-refractivity contribution in [1.29, 1.82) is 0 Å². The first-order valence-electron chi connectivity index (χ1n) is 5.84. The maximum Gasteiger partial charge on any atom is 0.223 e. The van der Waals surface area contributed by atoms with Crippen LogP contribution in [0, 0.1) is 0 Å². The molecule has 0 spiro atoms. The molecule has 0 radical (unpaired) electrons. The minimum atomic E-state index is 0.322. The Morgan fingerprint density at radius 1 is 1.25 bits per heavy atom. The molecule has 1 aromatic heterocycles. The molecule has 0 saturated carbocycles. The summed E-state index contributed by atoms with van der Waals surface area (Å²) >= 11 is 0. The van der Waals surface area contributed by atoms with Crippen molar-refractivity contribution in [2.24, 2.45) is 0 Å². The molecule has 0 atom stereocenters. The van der Waals surface area contributed by atoms with E-state index in [-0.39, 0.29) is 0 Å². The second-order valence-corrected chi connectivity index (χ2v) is 3.57. The zero-order valence-electron chi connectivity index (χ0n) is 10.3. The first kappa shape index (κ1) is 12.5. The Kier molecular flexibility index (Phi) is 4.82. The van der Waals surface area contributed by atoms with Crippen LogP contribution in [0.1, 0.15) is 27.2 Å². The van der Waals surface area contributed by atoms with E-state index >= 15 is 0 Å². The van der Waals surface area contributed by atoms with Crippen LogP contribution in [0.4, 0.5) is 17.6 Å². The Morgan fingerprint density at radius 3 is 2.50 bits per heavy atom. The van der Waals surface area contributed by atoms with E-state index in [1.54, 1.807) is 0 Å². The van der Waals surface area contributed by atoms with Gasteiger partial charge in [-0.2, -0.15) is 9.97 Å². The molecular weight excluding hydrogens is 202 g/mol. The van der Waals surface area contributed by atoms with Gasteiger partial charge in [0, 0.05) is 25.7 Å². The summed E-state index contributed by atoms with van der Waals surface area (Å²) in [6, 6.07) is 1.94. The molecule has 0 aliphatic rings. The van der Waals surface area contributed by atoms with Gasteiger partial charge in [-0.3, -0.25) is 0 Å². The fraction of sp³-hybridized carbons (Fsp3) is 0.636. The van der Waals surface area contributed by atoms with E-state index in [0.717, 1.165) is 37.7 Å². The van der Waals surface area contributed by atoms with Crippen molar-refractivity contribution in [2.45, 2.75) is 27.2 Å². The molecule has 0 aliphatic heterocycles. The Bertz CT molecular complexity index is 322. The molecule has 0 amide bonds. The van der Waals surface area contributed by atoms with Crippen LogP contribution in [0.15, 0.2) is 6.07 Å². The van der Waals surface area contributed by atoms with Gasteiger partial charge in [0.05, 0.1) is 0 Å². The summed E-state index contributed by atoms with van der Waals surface area (Å²) in [5, 5.41) is 3.22. The molecule has 0 unspecified atom stereocenters. The van der Waals surface area contributed by atoms with E-state index in [0.29, 0.717) is 5.95 Å². The van der Waals surface area contributed by atoms with Crippen LogP contribution in [0.2, 0.25) is 0 Å². The molecule has 0 fully saturated rings. The molecule has 3 N–H and O–H groups in total. The Morgan fingerprint density at radius 2 is 1.94 bits per heavy atom. The highest BCUT2D eigenvalue weighted by atomic mass is 15.2. The minimum absolute atomic E-state index is 0.322. The number of nitrogens with one attached hydrogen (secondary N) is 1. The smallest absolute Gasteiger partial charge is 0.223 e. The Balaban J connectivity index is 2.88. The molecule has 1 heterocycles. The number of rotatable bonds is 6. The number of hydrogen-bond donors (Lipinski definition) is 2. The van der Waals surface area contributed by atoms with E-state index < -0.39 is 0 Å². The zero-order chi connectivity index (χ0) is 12.0. The molecule has 1 rings (SSSR count). The third kappa shape index (κ3) is 3.25. The van der Waals surface area contributed by atoms with Crippen LogP contribution in [0.5, 0.6) is 0 Å². The summed E-state index contributed by atoms with van der Waals surface area (Å²) in [5.74, 6) is 2.01. The quantitative estimate of drug-likeness (QED) is 0.768. The molecule has 0 aromatic carbocycles. The van der Waals surface area contributed by atoms with Crippen molar-refractivity contribution >= 4 is 17.6 Å². The predicted molar refractivity (Wildman–Crippen MR) is 68.8 cm³/mol. The SMILES string of the molecule is CCCNc1cc(N(CC)CC)nc(N)n1. The maximum atomic E-state index is 5.69. The number of nitrogen functional groups attached to an aromatic ring is 1. The van der Waals surface area contributed by atoms with Gasteiger partial charge in [-0.1, -0.05) is 6.92 Å². The molecule has 5 heteroatoms. The topological polar surface area (TPSA) is 67.1 Å². The van der Waals surface area contributed by atoms with E-state index in [1.807, 2.05) is 6.07 Å². The number of nitrogens with two attached hydrogens (primary N) is 1. The fourth-order valence-corrected chi connectivity index (χ4v) is 1.51. The van der Waals surface area contributed by atoms with Gasteiger partial charge in [-0.05, 0) is 20.3 Å². The maximum absolute atomic E-state index is 5.69. The summed E-state index contributed by atoms with van der Waals surface area (Å²) in [7, 11) is 0. The molecule has 5 nitrogen and oxygen atoms in total. The summed E-state index contributed by atoms with van der Waals surface area (Å²) < 4.78 is 0. The highest BCUT2D eigenvalue weighted by Gasteiger charge is 2.07. The van der Waals surface area contributed by atoms with Gasteiger partial charge in [0.2, 0.25) is 5.95 Å². The van der Waals surface area contributed by atoms with Crippen LogP contribution >= 0.6 is 0 Å². The predicted octanol–water partition coefficient (Wildman–Crippen LogP) is 1.73. The van der Waals surface area contributed by atoms with Gasteiger partial charge in [0.15, 0.2) is 0 Å². The van der Waals surface area contributed by atoms with E-state index in [9.17, 15) is 0 Å². The highest BCUT2D eigenvalue weighted by Crippen LogP contribution is 2.16. The molecular formula is C11H21N5. The Hall–Kier alpha value is -1.52. The van der Waals surface area contributed by atoms with Gasteiger partial charge in [0.1, 0.15) is 11.6 Å². The lowest BCUT2D eigenvalue weighted by molar-refractivity contribution is 0.843. The van der Waals surface area contributed by atoms with Crippen molar-refractivity contribution in [3.8, 4) is 0 Å². The number of hydrogen-bond acceptors (Lipinski definition) is 5. The first-order valence-corrected chi connectivity index (χ1v) is 5.84. The van der Waals surface area contributed by atoms with Crippen molar-refractivity contribution in [3.63, 3.8) is 0 Å². The largest absolute Gasteiger partial charge is 0.370 e. The summed E-state index contributed by atoms with van der Waals surface area (Å²) in [6.45, 7) is 9.04. The summed E-state index contributed by atoms with van der Waals surface area (Å²) in [6.07, 6.45) is 1.06. The van der Waals surface area contributed by atoms with E-state index in [1.165, 1.54) is 0 Å². The first-order chi connectivity index (χ1) is 7.71. The monoisotopic (exact) mass is 223 g/mol. The molecule has 90 valence electrons. The highest BCUT2D eigenvalue weighted by molar-refractivity contribution is 5.52. The molecule has 1 aromatic rings. The van der Waals surface area contributed by atoms with E-state index in [2.05, 4.69) is 41.0 Å². The second kappa shape index (κ2) is 6.15.